The van der Waals surface area contributed by atoms with Gasteiger partial charge in [0.15, 0.2) is 0 Å². The van der Waals surface area contributed by atoms with Gasteiger partial charge in [-0.05, 0) is 65.6 Å². The summed E-state index contributed by atoms with van der Waals surface area (Å²) >= 11 is 0. The van der Waals surface area contributed by atoms with Crippen LogP contribution in [0.15, 0.2) is 72.9 Å². The van der Waals surface area contributed by atoms with Crippen molar-refractivity contribution in [2.45, 2.75) is 43.7 Å². The monoisotopic (exact) mass is 452 g/mol. The lowest BCUT2D eigenvalue weighted by molar-refractivity contribution is 0.0539. The summed E-state index contributed by atoms with van der Waals surface area (Å²) in [4.78, 5) is 19.7. The third-order valence-corrected chi connectivity index (χ3v) is 7.49. The molecular formula is C29H28N2O3. The Morgan fingerprint density at radius 3 is 2.38 bits per heavy atom. The van der Waals surface area contributed by atoms with Gasteiger partial charge in [0.25, 0.3) is 0 Å². The fraction of sp³-hybridized carbons (Fsp3) is 0.310. The number of hydrogen-bond acceptors (Lipinski definition) is 4. The lowest BCUT2D eigenvalue weighted by Gasteiger charge is -2.44. The Morgan fingerprint density at radius 1 is 0.971 bits per heavy atom. The quantitative estimate of drug-likeness (QED) is 0.484. The third-order valence-electron chi connectivity index (χ3n) is 7.49. The van der Waals surface area contributed by atoms with E-state index in [0.717, 1.165) is 31.2 Å². The van der Waals surface area contributed by atoms with Crippen LogP contribution in [0.1, 0.15) is 48.3 Å². The number of pyridine rings is 1. The number of methoxy groups -OCH3 is 1. The van der Waals surface area contributed by atoms with Crippen LogP contribution in [0.4, 0.5) is 4.79 Å². The highest BCUT2D eigenvalue weighted by Crippen LogP contribution is 2.45. The second-order valence-electron chi connectivity index (χ2n) is 9.32. The lowest BCUT2D eigenvalue weighted by Crippen LogP contribution is -2.51. The van der Waals surface area contributed by atoms with Crippen molar-refractivity contribution in [3.05, 3.63) is 89.6 Å². The summed E-state index contributed by atoms with van der Waals surface area (Å²) in [6.45, 7) is 0.357. The molecule has 0 radical (unpaired) electrons. The van der Waals surface area contributed by atoms with Crippen LogP contribution in [-0.4, -0.2) is 41.8 Å². The number of fused-ring (bicyclic) bond motifs is 5. The smallest absolute Gasteiger partial charge is 0.410 e. The lowest BCUT2D eigenvalue weighted by atomic mass is 9.83. The van der Waals surface area contributed by atoms with Gasteiger partial charge in [-0.2, -0.15) is 0 Å². The second kappa shape index (κ2) is 8.64. The van der Waals surface area contributed by atoms with Crippen LogP contribution in [0.5, 0.6) is 5.88 Å². The molecular weight excluding hydrogens is 424 g/mol. The van der Waals surface area contributed by atoms with Crippen LogP contribution >= 0.6 is 0 Å². The first-order chi connectivity index (χ1) is 16.7. The van der Waals surface area contributed by atoms with Crippen molar-refractivity contribution in [3.8, 4) is 17.0 Å². The largest absolute Gasteiger partial charge is 0.481 e. The Balaban J connectivity index is 1.23. The second-order valence-corrected chi connectivity index (χ2v) is 9.32. The van der Waals surface area contributed by atoms with Crippen molar-refractivity contribution in [2.75, 3.05) is 13.7 Å². The van der Waals surface area contributed by atoms with Crippen LogP contribution in [0.25, 0.3) is 16.7 Å². The molecule has 1 aliphatic carbocycles. The van der Waals surface area contributed by atoms with E-state index in [-0.39, 0.29) is 24.1 Å². The molecule has 1 saturated heterocycles. The van der Waals surface area contributed by atoms with Crippen LogP contribution in [0.2, 0.25) is 0 Å². The van der Waals surface area contributed by atoms with Gasteiger partial charge >= 0.3 is 6.09 Å². The molecule has 34 heavy (non-hydrogen) atoms. The van der Waals surface area contributed by atoms with Gasteiger partial charge in [0.2, 0.25) is 5.88 Å². The molecule has 2 bridgehead atoms. The van der Waals surface area contributed by atoms with E-state index in [1.54, 1.807) is 13.3 Å². The van der Waals surface area contributed by atoms with Crippen molar-refractivity contribution in [1.82, 2.24) is 9.88 Å². The van der Waals surface area contributed by atoms with Crippen molar-refractivity contribution in [1.29, 1.82) is 0 Å². The molecule has 1 amide bonds. The normalized spacial score (nSPS) is 20.9. The van der Waals surface area contributed by atoms with E-state index in [4.69, 9.17) is 9.47 Å². The third kappa shape index (κ3) is 3.47. The van der Waals surface area contributed by atoms with Gasteiger partial charge in [-0.15, -0.1) is 0 Å². The Labute approximate surface area is 200 Å². The zero-order valence-corrected chi connectivity index (χ0v) is 19.3. The number of carbonyl (C=O) groups excluding carboxylic acids is 1. The number of amides is 1. The van der Waals surface area contributed by atoms with Crippen molar-refractivity contribution in [2.24, 2.45) is 0 Å². The van der Waals surface area contributed by atoms with Gasteiger partial charge in [-0.3, -0.25) is 4.90 Å². The standard InChI is InChI=1S/C29H28N2O3/c1-33-28-22(14-7-15-30-28)19-16-20-8-6-9-21(17-19)31(20)29(32)34-18-27-25-12-4-2-10-23(25)24-11-3-5-13-26(24)27/h2-5,7,10-16,20-21,27H,6,8-9,17-18H2,1H3. The number of rotatable bonds is 4. The highest BCUT2D eigenvalue weighted by molar-refractivity contribution is 5.79. The molecule has 1 aromatic heterocycles. The maximum Gasteiger partial charge on any atom is 0.410 e. The molecule has 6 rings (SSSR count). The van der Waals surface area contributed by atoms with Gasteiger partial charge < -0.3 is 9.47 Å². The zero-order chi connectivity index (χ0) is 23.1. The van der Waals surface area contributed by atoms with E-state index in [1.165, 1.54) is 27.8 Å². The minimum absolute atomic E-state index is 0.0445. The molecule has 5 nitrogen and oxygen atoms in total. The number of nitrogens with zero attached hydrogens (tertiary/aromatic N) is 2. The average molecular weight is 453 g/mol. The summed E-state index contributed by atoms with van der Waals surface area (Å²) < 4.78 is 11.5. The summed E-state index contributed by atoms with van der Waals surface area (Å²) in [5.74, 6) is 0.716. The number of carbonyl (C=O) groups is 1. The molecule has 172 valence electrons. The molecule has 3 aliphatic rings. The van der Waals surface area contributed by atoms with Gasteiger partial charge in [0.1, 0.15) is 6.61 Å². The van der Waals surface area contributed by atoms with Crippen molar-refractivity contribution >= 4 is 11.7 Å². The molecule has 0 saturated carbocycles. The fourth-order valence-electron chi connectivity index (χ4n) is 5.98. The Bertz CT molecular complexity index is 1220. The summed E-state index contributed by atoms with van der Waals surface area (Å²) in [5, 5.41) is 0. The minimum Gasteiger partial charge on any atom is -0.481 e. The van der Waals surface area contributed by atoms with Crippen LogP contribution in [-0.2, 0) is 4.74 Å². The predicted octanol–water partition coefficient (Wildman–Crippen LogP) is 6.05. The number of hydrogen-bond donors (Lipinski definition) is 0. The molecule has 2 aliphatic heterocycles. The van der Waals surface area contributed by atoms with Crippen LogP contribution < -0.4 is 4.74 Å². The van der Waals surface area contributed by atoms with E-state index in [2.05, 4.69) is 65.7 Å². The molecule has 2 aromatic carbocycles. The number of piperidine rings is 1. The maximum atomic E-state index is 13.4. The van der Waals surface area contributed by atoms with Crippen molar-refractivity contribution < 1.29 is 14.3 Å². The van der Waals surface area contributed by atoms with Crippen LogP contribution in [0.3, 0.4) is 0 Å². The first-order valence-electron chi connectivity index (χ1n) is 12.1. The van der Waals surface area contributed by atoms with E-state index < -0.39 is 0 Å². The molecule has 5 heteroatoms. The summed E-state index contributed by atoms with van der Waals surface area (Å²) in [7, 11) is 1.65. The highest BCUT2D eigenvalue weighted by atomic mass is 16.6. The average Bonchev–Trinajstić information content (AvgIpc) is 3.20. The van der Waals surface area contributed by atoms with E-state index in [1.807, 2.05) is 11.0 Å². The first-order valence-corrected chi connectivity index (χ1v) is 12.1. The molecule has 2 unspecified atom stereocenters. The zero-order valence-electron chi connectivity index (χ0n) is 19.3. The summed E-state index contributed by atoms with van der Waals surface area (Å²) in [6.07, 6.45) is 7.61. The minimum atomic E-state index is -0.204. The SMILES string of the molecule is COc1ncccc1C1=CC2CCCC(C1)N2C(=O)OCC1c2ccccc2-c2ccccc21. The van der Waals surface area contributed by atoms with Gasteiger partial charge in [-0.1, -0.05) is 54.6 Å². The van der Waals surface area contributed by atoms with E-state index >= 15 is 0 Å². The molecule has 2 atom stereocenters. The Hall–Kier alpha value is -3.60. The predicted molar refractivity (Wildman–Crippen MR) is 132 cm³/mol. The molecule has 1 fully saturated rings. The van der Waals surface area contributed by atoms with E-state index in [0.29, 0.717) is 12.5 Å². The highest BCUT2D eigenvalue weighted by Gasteiger charge is 2.39. The summed E-state index contributed by atoms with van der Waals surface area (Å²) in [5.41, 5.74) is 7.19. The van der Waals surface area contributed by atoms with Gasteiger partial charge in [0.05, 0.1) is 13.2 Å². The van der Waals surface area contributed by atoms with Gasteiger partial charge in [-0.25, -0.2) is 9.78 Å². The van der Waals surface area contributed by atoms with Crippen LogP contribution in [0, 0.1) is 0 Å². The number of benzene rings is 2. The molecule has 0 N–H and O–H groups in total. The summed E-state index contributed by atoms with van der Waals surface area (Å²) in [6, 6.07) is 21.1. The van der Waals surface area contributed by atoms with Crippen molar-refractivity contribution in [3.63, 3.8) is 0 Å². The fourth-order valence-corrected chi connectivity index (χ4v) is 5.98. The topological polar surface area (TPSA) is 51.7 Å². The van der Waals surface area contributed by atoms with Gasteiger partial charge in [0, 0.05) is 23.7 Å². The first kappa shape index (κ1) is 21.0. The number of aromatic nitrogens is 1. The Morgan fingerprint density at radius 2 is 1.68 bits per heavy atom. The van der Waals surface area contributed by atoms with E-state index in [9.17, 15) is 4.79 Å². The maximum absolute atomic E-state index is 13.4. The number of ether oxygens (including phenoxy) is 2. The Kier molecular flexibility index (Phi) is 5.33. The molecule has 3 aromatic rings. The molecule has 3 heterocycles. The molecule has 0 spiro atoms.